The van der Waals surface area contributed by atoms with Crippen LogP contribution < -0.4 is 10.1 Å². The fraction of sp³-hybridized carbons (Fsp3) is 0.594. The molecule has 2 aromatic rings. The molecule has 7 heteroatoms. The minimum absolute atomic E-state index is 0.145. The van der Waals surface area contributed by atoms with Crippen LogP contribution in [0, 0.1) is 0 Å². The zero-order chi connectivity index (χ0) is 30.4. The van der Waals surface area contributed by atoms with Crippen molar-refractivity contribution in [3.8, 4) is 5.75 Å². The molecule has 0 spiro atoms. The zero-order valence-corrected chi connectivity index (χ0v) is 25.7. The highest BCUT2D eigenvalue weighted by molar-refractivity contribution is 5.75. The Bertz CT molecular complexity index is 740. The van der Waals surface area contributed by atoms with Crippen molar-refractivity contribution in [1.29, 1.82) is 0 Å². The minimum atomic E-state index is -3.96. The molecule has 0 fully saturated rings. The number of halogens is 3. The molecule has 0 atom stereocenters. The van der Waals surface area contributed by atoms with Crippen LogP contribution in [0.4, 0.5) is 13.2 Å². The van der Waals surface area contributed by atoms with Gasteiger partial charge in [-0.2, -0.15) is 13.2 Å². The molecule has 4 nitrogen and oxygen atoms in total. The third-order valence-corrected chi connectivity index (χ3v) is 4.56. The van der Waals surface area contributed by atoms with Crippen LogP contribution >= 0.6 is 0 Å². The number of hydrogen-bond acceptors (Lipinski definition) is 3. The first kappa shape index (κ1) is 40.9. The van der Waals surface area contributed by atoms with Crippen LogP contribution in [0.25, 0.3) is 0 Å². The Morgan fingerprint density at radius 1 is 0.795 bits per heavy atom. The van der Waals surface area contributed by atoms with Crippen molar-refractivity contribution in [1.82, 2.24) is 10.2 Å². The molecule has 0 aliphatic heterocycles. The molecule has 0 aliphatic rings. The van der Waals surface area contributed by atoms with Crippen molar-refractivity contribution in [2.24, 2.45) is 0 Å². The summed E-state index contributed by atoms with van der Waals surface area (Å²) in [4.78, 5) is 12.6. The summed E-state index contributed by atoms with van der Waals surface area (Å²) in [6.07, 6.45) is 1.70. The van der Waals surface area contributed by atoms with E-state index in [2.05, 4.69) is 75.4 Å². The summed E-state index contributed by atoms with van der Waals surface area (Å²) in [6.45, 7) is 14.3. The second-order valence-electron chi connectivity index (χ2n) is 8.87. The molecule has 0 saturated carbocycles. The van der Waals surface area contributed by atoms with Crippen LogP contribution in [-0.4, -0.2) is 50.8 Å². The lowest BCUT2D eigenvalue weighted by Crippen LogP contribution is -2.22. The largest absolute Gasteiger partial charge is 0.494 e. The third kappa shape index (κ3) is 37.7. The molecule has 0 heterocycles. The van der Waals surface area contributed by atoms with E-state index in [1.165, 1.54) is 31.4 Å². The molecule has 226 valence electrons. The predicted octanol–water partition coefficient (Wildman–Crippen LogP) is 8.95. The number of carbonyl (C=O) groups is 1. The number of carbonyl (C=O) groups excluding carboxylic acids is 1. The fourth-order valence-corrected chi connectivity index (χ4v) is 2.51. The summed E-state index contributed by atoms with van der Waals surface area (Å²) >= 11 is 0. The molecule has 1 amide bonds. The number of aryl methyl sites for hydroxylation is 1. The monoisotopic (exact) mass is 556 g/mol. The quantitative estimate of drug-likeness (QED) is 0.318. The van der Waals surface area contributed by atoms with E-state index >= 15 is 0 Å². The number of rotatable bonds is 10. The fourth-order valence-electron chi connectivity index (χ4n) is 2.51. The van der Waals surface area contributed by atoms with Gasteiger partial charge in [-0.1, -0.05) is 96.5 Å². The summed E-state index contributed by atoms with van der Waals surface area (Å²) in [5.41, 5.74) is 1.44. The van der Waals surface area contributed by atoms with E-state index in [0.29, 0.717) is 6.42 Å². The van der Waals surface area contributed by atoms with Gasteiger partial charge in [-0.05, 0) is 64.0 Å². The van der Waals surface area contributed by atoms with Crippen molar-refractivity contribution in [3.05, 3.63) is 66.2 Å². The number of para-hydroxylation sites is 1. The zero-order valence-electron chi connectivity index (χ0n) is 25.7. The Kier molecular flexibility index (Phi) is 31.5. The van der Waals surface area contributed by atoms with Gasteiger partial charge in [0.05, 0.1) is 6.61 Å². The van der Waals surface area contributed by atoms with Crippen molar-refractivity contribution < 1.29 is 22.7 Å². The molecule has 0 saturated heterocycles. The maximum atomic E-state index is 10.8. The number of amides is 1. The molecule has 0 aliphatic carbocycles. The summed E-state index contributed by atoms with van der Waals surface area (Å²) in [7, 11) is 4.17. The first-order valence-corrected chi connectivity index (χ1v) is 14.2. The summed E-state index contributed by atoms with van der Waals surface area (Å²) in [6, 6.07) is 20.4. The van der Waals surface area contributed by atoms with Crippen LogP contribution in [0.15, 0.2) is 60.7 Å². The van der Waals surface area contributed by atoms with E-state index in [1.54, 1.807) is 0 Å². The maximum absolute atomic E-state index is 10.8. The van der Waals surface area contributed by atoms with E-state index in [9.17, 15) is 18.0 Å². The van der Waals surface area contributed by atoms with Gasteiger partial charge in [-0.3, -0.25) is 4.79 Å². The molecular formula is C32H55F3N2O2. The molecular weight excluding hydrogens is 501 g/mol. The highest BCUT2D eigenvalue weighted by atomic mass is 19.4. The van der Waals surface area contributed by atoms with Gasteiger partial charge in [0.2, 0.25) is 5.91 Å². The first-order valence-electron chi connectivity index (χ1n) is 14.2. The Balaban J connectivity index is -0.000000423. The lowest BCUT2D eigenvalue weighted by molar-refractivity contribution is -0.130. The molecule has 0 aromatic heterocycles. The van der Waals surface area contributed by atoms with E-state index in [4.69, 9.17) is 4.74 Å². The SMILES string of the molecule is CCC(F)(F)F.CCCN(C)C.CCCNC(=O)CC.CCCOc1ccccc1.CCCc1ccccc1. The molecule has 0 unspecified atom stereocenters. The Labute approximate surface area is 237 Å². The van der Waals surface area contributed by atoms with E-state index in [0.717, 1.165) is 38.7 Å². The number of hydrogen-bond donors (Lipinski definition) is 1. The van der Waals surface area contributed by atoms with E-state index in [1.807, 2.05) is 44.2 Å². The van der Waals surface area contributed by atoms with Gasteiger partial charge < -0.3 is 15.0 Å². The second kappa shape index (κ2) is 30.0. The molecule has 2 rings (SSSR count). The predicted molar refractivity (Wildman–Crippen MR) is 161 cm³/mol. The number of nitrogens with one attached hydrogen (secondary N) is 1. The number of alkyl halides is 3. The first-order chi connectivity index (χ1) is 18.5. The van der Waals surface area contributed by atoms with Gasteiger partial charge in [0.15, 0.2) is 0 Å². The van der Waals surface area contributed by atoms with Crippen LogP contribution in [-0.2, 0) is 11.2 Å². The second-order valence-corrected chi connectivity index (χ2v) is 8.87. The Morgan fingerprint density at radius 2 is 1.31 bits per heavy atom. The molecule has 0 bridgehead atoms. The maximum Gasteiger partial charge on any atom is 0.388 e. The summed E-state index contributed by atoms with van der Waals surface area (Å²) < 4.78 is 37.7. The van der Waals surface area contributed by atoms with Gasteiger partial charge in [0.1, 0.15) is 5.75 Å². The third-order valence-electron chi connectivity index (χ3n) is 4.56. The van der Waals surface area contributed by atoms with Crippen LogP contribution in [0.1, 0.15) is 85.6 Å². The van der Waals surface area contributed by atoms with Gasteiger partial charge in [0.25, 0.3) is 0 Å². The molecule has 0 radical (unpaired) electrons. The Hall–Kier alpha value is -2.54. The smallest absolute Gasteiger partial charge is 0.388 e. The lowest BCUT2D eigenvalue weighted by Gasteiger charge is -2.03. The minimum Gasteiger partial charge on any atom is -0.494 e. The molecule has 39 heavy (non-hydrogen) atoms. The van der Waals surface area contributed by atoms with Crippen LogP contribution in [0.3, 0.4) is 0 Å². The highest BCUT2D eigenvalue weighted by Crippen LogP contribution is 2.17. The standard InChI is InChI=1S/C9H12O.C9H12.C6H13NO.C5H13N.C3H5F3/c1-2-8-10-9-6-4-3-5-7-9;1-2-6-9-7-4-3-5-8-9;1-3-5-7-6(8)4-2;1-4-5-6(2)3;1-2-3(4,5)6/h3-7H,2,8H2,1H3;3-5,7-8H,2,6H2,1H3;3-5H2,1-2H3,(H,7,8);4-5H2,1-3H3;2H2,1H3. The van der Waals surface area contributed by atoms with Gasteiger partial charge in [-0.25, -0.2) is 0 Å². The van der Waals surface area contributed by atoms with Crippen molar-refractivity contribution in [2.75, 3.05) is 33.8 Å². The summed E-state index contributed by atoms with van der Waals surface area (Å²) in [5, 5.41) is 2.74. The average Bonchev–Trinajstić information content (AvgIpc) is 2.93. The Morgan fingerprint density at radius 3 is 1.64 bits per heavy atom. The molecule has 2 aromatic carbocycles. The number of benzene rings is 2. The van der Waals surface area contributed by atoms with Crippen molar-refractivity contribution in [3.63, 3.8) is 0 Å². The average molecular weight is 557 g/mol. The van der Waals surface area contributed by atoms with Crippen LogP contribution in [0.2, 0.25) is 0 Å². The van der Waals surface area contributed by atoms with Crippen molar-refractivity contribution >= 4 is 5.91 Å². The van der Waals surface area contributed by atoms with Crippen LogP contribution in [0.5, 0.6) is 5.75 Å². The summed E-state index contributed by atoms with van der Waals surface area (Å²) in [5.74, 6) is 1.11. The molecule has 1 N–H and O–H groups in total. The normalized spacial score (nSPS) is 9.74. The number of nitrogens with zero attached hydrogens (tertiary/aromatic N) is 1. The van der Waals surface area contributed by atoms with Gasteiger partial charge in [0, 0.05) is 19.4 Å². The van der Waals surface area contributed by atoms with E-state index in [-0.39, 0.29) is 5.91 Å². The lowest BCUT2D eigenvalue weighted by atomic mass is 10.1. The number of ether oxygens (including phenoxy) is 1. The van der Waals surface area contributed by atoms with Gasteiger partial charge in [-0.15, -0.1) is 0 Å². The van der Waals surface area contributed by atoms with E-state index < -0.39 is 12.6 Å². The van der Waals surface area contributed by atoms with Gasteiger partial charge >= 0.3 is 6.18 Å². The topological polar surface area (TPSA) is 41.6 Å². The van der Waals surface area contributed by atoms with Crippen molar-refractivity contribution in [2.45, 2.75) is 92.7 Å². The highest BCUT2D eigenvalue weighted by Gasteiger charge is 2.22.